The zero-order chi connectivity index (χ0) is 9.26. The average Bonchev–Trinajstić information content (AvgIpc) is 2.58. The lowest BCUT2D eigenvalue weighted by Gasteiger charge is -2.02. The van der Waals surface area contributed by atoms with E-state index in [0.29, 0.717) is 6.42 Å². The van der Waals surface area contributed by atoms with Gasteiger partial charge in [-0.1, -0.05) is 17.7 Å². The van der Waals surface area contributed by atoms with Crippen molar-refractivity contribution < 1.29 is 5.11 Å². The molecule has 0 aliphatic rings. The van der Waals surface area contributed by atoms with Gasteiger partial charge in [0.2, 0.25) is 0 Å². The number of fused-ring (bicyclic) bond motifs is 1. The molecule has 0 radical (unpaired) electrons. The van der Waals surface area contributed by atoms with Crippen LogP contribution in [-0.4, -0.2) is 11.7 Å². The molecule has 1 heterocycles. The minimum absolute atomic E-state index is 0.148. The topological polar surface area (TPSA) is 20.2 Å². The highest BCUT2D eigenvalue weighted by molar-refractivity contribution is 7.17. The van der Waals surface area contributed by atoms with Gasteiger partial charge >= 0.3 is 0 Å². The van der Waals surface area contributed by atoms with Gasteiger partial charge in [0.05, 0.1) is 5.02 Å². The third kappa shape index (κ3) is 1.57. The summed E-state index contributed by atoms with van der Waals surface area (Å²) in [5, 5.41) is 12.7. The van der Waals surface area contributed by atoms with Crippen LogP contribution in [0.1, 0.15) is 5.56 Å². The molecule has 2 rings (SSSR count). The van der Waals surface area contributed by atoms with Crippen molar-refractivity contribution in [1.29, 1.82) is 0 Å². The van der Waals surface area contributed by atoms with Crippen LogP contribution in [0.3, 0.4) is 0 Å². The SMILES string of the molecule is OCCc1ccc2sccc2c1Cl. The second kappa shape index (κ2) is 3.66. The lowest BCUT2D eigenvalue weighted by atomic mass is 10.1. The zero-order valence-corrected chi connectivity index (χ0v) is 8.53. The Morgan fingerprint density at radius 3 is 2.92 bits per heavy atom. The Morgan fingerprint density at radius 1 is 1.31 bits per heavy atom. The number of benzene rings is 1. The molecule has 0 amide bonds. The number of rotatable bonds is 2. The number of halogens is 1. The first kappa shape index (κ1) is 9.00. The molecule has 1 aromatic carbocycles. The summed E-state index contributed by atoms with van der Waals surface area (Å²) in [7, 11) is 0. The number of hydrogen-bond donors (Lipinski definition) is 1. The van der Waals surface area contributed by atoms with Gasteiger partial charge in [-0.15, -0.1) is 11.3 Å². The molecule has 0 fully saturated rings. The van der Waals surface area contributed by atoms with E-state index in [-0.39, 0.29) is 6.61 Å². The number of aliphatic hydroxyl groups is 1. The molecule has 68 valence electrons. The van der Waals surface area contributed by atoms with Crippen LogP contribution < -0.4 is 0 Å². The van der Waals surface area contributed by atoms with Crippen molar-refractivity contribution in [1.82, 2.24) is 0 Å². The van der Waals surface area contributed by atoms with Gasteiger partial charge in [-0.25, -0.2) is 0 Å². The molecule has 0 atom stereocenters. The molecule has 0 saturated heterocycles. The maximum Gasteiger partial charge on any atom is 0.0525 e. The lowest BCUT2D eigenvalue weighted by Crippen LogP contribution is -1.91. The van der Waals surface area contributed by atoms with Crippen LogP contribution in [0.15, 0.2) is 23.6 Å². The molecular weight excluding hydrogens is 204 g/mol. The quantitative estimate of drug-likeness (QED) is 0.811. The molecule has 1 aromatic heterocycles. The Morgan fingerprint density at radius 2 is 2.15 bits per heavy atom. The van der Waals surface area contributed by atoms with E-state index in [2.05, 4.69) is 6.07 Å². The summed E-state index contributed by atoms with van der Waals surface area (Å²) in [4.78, 5) is 0. The number of thiophene rings is 1. The molecular formula is C10H9ClOS. The van der Waals surface area contributed by atoms with Crippen molar-refractivity contribution in [2.45, 2.75) is 6.42 Å². The van der Waals surface area contributed by atoms with Crippen LogP contribution in [0.4, 0.5) is 0 Å². The van der Waals surface area contributed by atoms with Gasteiger partial charge in [0.15, 0.2) is 0 Å². The molecule has 0 spiro atoms. The summed E-state index contributed by atoms with van der Waals surface area (Å²) in [5.74, 6) is 0. The van der Waals surface area contributed by atoms with Gasteiger partial charge < -0.3 is 5.11 Å². The third-order valence-corrected chi connectivity index (χ3v) is 3.36. The summed E-state index contributed by atoms with van der Waals surface area (Å²) in [5.41, 5.74) is 1.02. The molecule has 1 nitrogen and oxygen atoms in total. The van der Waals surface area contributed by atoms with Crippen LogP contribution >= 0.6 is 22.9 Å². The monoisotopic (exact) mass is 212 g/mol. The van der Waals surface area contributed by atoms with Gasteiger partial charge in [-0.05, 0) is 29.5 Å². The highest BCUT2D eigenvalue weighted by Crippen LogP contribution is 2.30. The van der Waals surface area contributed by atoms with Gasteiger partial charge in [0.25, 0.3) is 0 Å². The van der Waals surface area contributed by atoms with Gasteiger partial charge in [-0.3, -0.25) is 0 Å². The molecule has 0 saturated carbocycles. The Hall–Kier alpha value is -0.570. The summed E-state index contributed by atoms with van der Waals surface area (Å²) in [6, 6.07) is 6.05. The van der Waals surface area contributed by atoms with Crippen LogP contribution in [-0.2, 0) is 6.42 Å². The van der Waals surface area contributed by atoms with Crippen molar-refractivity contribution in [3.05, 3.63) is 34.2 Å². The second-order valence-electron chi connectivity index (χ2n) is 2.84. The van der Waals surface area contributed by atoms with Gasteiger partial charge in [0, 0.05) is 16.7 Å². The maximum atomic E-state index is 8.81. The van der Waals surface area contributed by atoms with Crippen LogP contribution in [0, 0.1) is 0 Å². The van der Waals surface area contributed by atoms with E-state index in [1.54, 1.807) is 11.3 Å². The Balaban J connectivity index is 2.59. The van der Waals surface area contributed by atoms with E-state index >= 15 is 0 Å². The van der Waals surface area contributed by atoms with Crippen LogP contribution in [0.5, 0.6) is 0 Å². The summed E-state index contributed by atoms with van der Waals surface area (Å²) < 4.78 is 1.20. The van der Waals surface area contributed by atoms with Crippen LogP contribution in [0.25, 0.3) is 10.1 Å². The summed E-state index contributed by atoms with van der Waals surface area (Å²) in [6.07, 6.45) is 0.630. The molecule has 2 aromatic rings. The van der Waals surface area contributed by atoms with E-state index in [1.807, 2.05) is 17.5 Å². The number of aliphatic hydroxyl groups excluding tert-OH is 1. The summed E-state index contributed by atoms with van der Waals surface area (Å²) >= 11 is 7.84. The standard InChI is InChI=1S/C10H9ClOS/c11-10-7(3-5-12)1-2-9-8(10)4-6-13-9/h1-2,4,6,12H,3,5H2. The smallest absolute Gasteiger partial charge is 0.0525 e. The molecule has 0 aliphatic heterocycles. The molecule has 1 N–H and O–H groups in total. The largest absolute Gasteiger partial charge is 0.396 e. The van der Waals surface area contributed by atoms with Gasteiger partial charge in [-0.2, -0.15) is 0 Å². The van der Waals surface area contributed by atoms with E-state index in [4.69, 9.17) is 16.7 Å². The van der Waals surface area contributed by atoms with Crippen molar-refractivity contribution >= 4 is 33.0 Å². The maximum absolute atomic E-state index is 8.81. The fraction of sp³-hybridized carbons (Fsp3) is 0.200. The lowest BCUT2D eigenvalue weighted by molar-refractivity contribution is 0.299. The molecule has 3 heteroatoms. The highest BCUT2D eigenvalue weighted by Gasteiger charge is 2.05. The molecule has 0 aliphatic carbocycles. The van der Waals surface area contributed by atoms with E-state index in [9.17, 15) is 0 Å². The molecule has 0 bridgehead atoms. The van der Waals surface area contributed by atoms with E-state index < -0.39 is 0 Å². The van der Waals surface area contributed by atoms with Gasteiger partial charge in [0.1, 0.15) is 0 Å². The highest BCUT2D eigenvalue weighted by atomic mass is 35.5. The Kier molecular flexibility index (Phi) is 2.54. The van der Waals surface area contributed by atoms with Crippen molar-refractivity contribution in [2.75, 3.05) is 6.61 Å². The first-order valence-electron chi connectivity index (χ1n) is 4.08. The predicted octanol–water partition coefficient (Wildman–Crippen LogP) is 3.09. The predicted molar refractivity (Wildman–Crippen MR) is 57.6 cm³/mol. The first-order valence-corrected chi connectivity index (χ1v) is 5.34. The zero-order valence-electron chi connectivity index (χ0n) is 6.96. The average molecular weight is 213 g/mol. The van der Waals surface area contributed by atoms with Crippen molar-refractivity contribution in [3.63, 3.8) is 0 Å². The van der Waals surface area contributed by atoms with Crippen molar-refractivity contribution in [2.24, 2.45) is 0 Å². The number of hydrogen-bond acceptors (Lipinski definition) is 2. The molecule has 13 heavy (non-hydrogen) atoms. The fourth-order valence-corrected chi connectivity index (χ4v) is 2.54. The van der Waals surface area contributed by atoms with Crippen LogP contribution in [0.2, 0.25) is 5.02 Å². The molecule has 0 unspecified atom stereocenters. The minimum atomic E-state index is 0.148. The second-order valence-corrected chi connectivity index (χ2v) is 4.17. The Bertz CT molecular complexity index is 422. The Labute approximate surface area is 85.6 Å². The fourth-order valence-electron chi connectivity index (χ4n) is 1.37. The summed E-state index contributed by atoms with van der Waals surface area (Å²) in [6.45, 7) is 0.148. The minimum Gasteiger partial charge on any atom is -0.396 e. The van der Waals surface area contributed by atoms with E-state index in [0.717, 1.165) is 16.0 Å². The van der Waals surface area contributed by atoms with E-state index in [1.165, 1.54) is 4.70 Å². The third-order valence-electron chi connectivity index (χ3n) is 2.03. The normalized spacial score (nSPS) is 10.9. The van der Waals surface area contributed by atoms with Crippen molar-refractivity contribution in [3.8, 4) is 0 Å². The first-order chi connectivity index (χ1) is 6.33.